The molecule has 0 aliphatic carbocycles. The lowest BCUT2D eigenvalue weighted by molar-refractivity contribution is 0.197. The molecule has 0 bridgehead atoms. The van der Waals surface area contributed by atoms with Crippen LogP contribution in [-0.4, -0.2) is 22.2 Å². The van der Waals surface area contributed by atoms with Crippen LogP contribution in [0.3, 0.4) is 0 Å². The summed E-state index contributed by atoms with van der Waals surface area (Å²) in [7, 11) is 0. The minimum atomic E-state index is -0.0139. The van der Waals surface area contributed by atoms with Crippen LogP contribution in [0, 0.1) is 0 Å². The molecule has 1 heterocycles. The van der Waals surface area contributed by atoms with Crippen molar-refractivity contribution in [3.8, 4) is 0 Å². The summed E-state index contributed by atoms with van der Waals surface area (Å²) in [5.41, 5.74) is 0. The van der Waals surface area contributed by atoms with E-state index in [2.05, 4.69) is 6.92 Å². The van der Waals surface area contributed by atoms with Crippen molar-refractivity contribution >= 4 is 11.8 Å². The molecular weight excluding hydrogens is 108 g/mol. The third-order valence-corrected chi connectivity index (χ3v) is 2.52. The van der Waals surface area contributed by atoms with Crippen LogP contribution in [0.2, 0.25) is 0 Å². The summed E-state index contributed by atoms with van der Waals surface area (Å²) in [4.78, 5) is 0. The van der Waals surface area contributed by atoms with Gasteiger partial charge in [-0.25, -0.2) is 0 Å². The monoisotopic (exact) mass is 118 g/mol. The van der Waals surface area contributed by atoms with E-state index in [0.717, 1.165) is 12.2 Å². The number of rotatable bonds is 0. The second-order valence-electron chi connectivity index (χ2n) is 2.03. The molecular formula is C5H10OS. The molecule has 1 nitrogen and oxygen atoms in total. The van der Waals surface area contributed by atoms with Gasteiger partial charge < -0.3 is 5.11 Å². The number of hydrogen-bond donors (Lipinski definition) is 1. The van der Waals surface area contributed by atoms with Gasteiger partial charge in [-0.2, -0.15) is 11.8 Å². The Balaban J connectivity index is 2.26. The van der Waals surface area contributed by atoms with Crippen LogP contribution >= 0.6 is 11.8 Å². The van der Waals surface area contributed by atoms with Gasteiger partial charge in [-0.05, 0) is 6.42 Å². The van der Waals surface area contributed by atoms with Crippen molar-refractivity contribution in [2.24, 2.45) is 0 Å². The van der Waals surface area contributed by atoms with Crippen molar-refractivity contribution in [1.29, 1.82) is 0 Å². The minimum absolute atomic E-state index is 0.0139. The van der Waals surface area contributed by atoms with E-state index in [-0.39, 0.29) is 6.10 Å². The molecule has 2 heteroatoms. The maximum atomic E-state index is 8.88. The molecule has 7 heavy (non-hydrogen) atoms. The maximum Gasteiger partial charge on any atom is 0.0641 e. The SMILES string of the molecule is C[C@H]1C[C@@H](O)CS1. The Kier molecular flexibility index (Phi) is 1.60. The van der Waals surface area contributed by atoms with Crippen molar-refractivity contribution in [2.75, 3.05) is 5.75 Å². The number of aliphatic hydroxyl groups is 1. The van der Waals surface area contributed by atoms with Crippen LogP contribution in [0.5, 0.6) is 0 Å². The Labute approximate surface area is 48.1 Å². The van der Waals surface area contributed by atoms with Gasteiger partial charge in [-0.15, -0.1) is 0 Å². The molecule has 1 fully saturated rings. The zero-order valence-electron chi connectivity index (χ0n) is 4.42. The quantitative estimate of drug-likeness (QED) is 0.509. The highest BCUT2D eigenvalue weighted by atomic mass is 32.2. The summed E-state index contributed by atoms with van der Waals surface area (Å²) >= 11 is 1.86. The zero-order valence-corrected chi connectivity index (χ0v) is 5.24. The Bertz CT molecular complexity index is 57.1. The van der Waals surface area contributed by atoms with E-state index in [1.54, 1.807) is 0 Å². The van der Waals surface area contributed by atoms with E-state index < -0.39 is 0 Å². The van der Waals surface area contributed by atoms with Crippen LogP contribution in [0.1, 0.15) is 13.3 Å². The van der Waals surface area contributed by atoms with Gasteiger partial charge in [-0.1, -0.05) is 6.92 Å². The lowest BCUT2D eigenvalue weighted by Crippen LogP contribution is -2.03. The zero-order chi connectivity index (χ0) is 5.28. The topological polar surface area (TPSA) is 20.2 Å². The van der Waals surface area contributed by atoms with Gasteiger partial charge in [0.25, 0.3) is 0 Å². The smallest absolute Gasteiger partial charge is 0.0641 e. The van der Waals surface area contributed by atoms with Crippen molar-refractivity contribution in [3.63, 3.8) is 0 Å². The van der Waals surface area contributed by atoms with E-state index in [1.807, 2.05) is 11.8 Å². The molecule has 1 aliphatic rings. The minimum Gasteiger partial charge on any atom is -0.392 e. The predicted octanol–water partition coefficient (Wildman–Crippen LogP) is 0.873. The summed E-state index contributed by atoms with van der Waals surface area (Å²) in [5.74, 6) is 0.946. The molecule has 0 amide bonds. The molecule has 0 aromatic heterocycles. The largest absolute Gasteiger partial charge is 0.392 e. The fourth-order valence-electron chi connectivity index (χ4n) is 0.795. The van der Waals surface area contributed by atoms with Crippen LogP contribution in [0.4, 0.5) is 0 Å². The number of hydrogen-bond acceptors (Lipinski definition) is 2. The molecule has 1 saturated heterocycles. The fraction of sp³-hybridized carbons (Fsp3) is 1.00. The summed E-state index contributed by atoms with van der Waals surface area (Å²) in [6, 6.07) is 0. The van der Waals surface area contributed by atoms with Gasteiger partial charge in [0.2, 0.25) is 0 Å². The highest BCUT2D eigenvalue weighted by Gasteiger charge is 2.18. The fourth-order valence-corrected chi connectivity index (χ4v) is 1.84. The van der Waals surface area contributed by atoms with E-state index in [1.165, 1.54) is 0 Å². The van der Waals surface area contributed by atoms with Crippen LogP contribution in [0.25, 0.3) is 0 Å². The molecule has 0 radical (unpaired) electrons. The first-order valence-corrected chi connectivity index (χ1v) is 3.63. The molecule has 42 valence electrons. The molecule has 0 saturated carbocycles. The van der Waals surface area contributed by atoms with E-state index >= 15 is 0 Å². The molecule has 1 N–H and O–H groups in total. The van der Waals surface area contributed by atoms with Gasteiger partial charge in [0.05, 0.1) is 6.10 Å². The second-order valence-corrected chi connectivity index (χ2v) is 3.50. The average Bonchev–Trinajstić information content (AvgIpc) is 1.87. The number of aliphatic hydroxyl groups excluding tert-OH is 1. The molecule has 1 aliphatic heterocycles. The normalized spacial score (nSPS) is 42.0. The number of thioether (sulfide) groups is 1. The molecule has 0 unspecified atom stereocenters. The van der Waals surface area contributed by atoms with Gasteiger partial charge in [0.15, 0.2) is 0 Å². The second kappa shape index (κ2) is 2.05. The lowest BCUT2D eigenvalue weighted by Gasteiger charge is -1.94. The Morgan fingerprint density at radius 1 is 1.71 bits per heavy atom. The molecule has 0 aromatic rings. The van der Waals surface area contributed by atoms with Gasteiger partial charge in [0.1, 0.15) is 0 Å². The van der Waals surface area contributed by atoms with Gasteiger partial charge >= 0.3 is 0 Å². The summed E-state index contributed by atoms with van der Waals surface area (Å²) in [6.45, 7) is 2.15. The summed E-state index contributed by atoms with van der Waals surface area (Å²) in [6.07, 6.45) is 0.977. The van der Waals surface area contributed by atoms with Crippen LogP contribution < -0.4 is 0 Å². The molecule has 2 atom stereocenters. The highest BCUT2D eigenvalue weighted by molar-refractivity contribution is 8.00. The van der Waals surface area contributed by atoms with E-state index in [0.29, 0.717) is 5.25 Å². The summed E-state index contributed by atoms with van der Waals surface area (Å²) in [5, 5.41) is 9.57. The Morgan fingerprint density at radius 2 is 2.43 bits per heavy atom. The van der Waals surface area contributed by atoms with Crippen molar-refractivity contribution in [3.05, 3.63) is 0 Å². The van der Waals surface area contributed by atoms with Crippen molar-refractivity contribution in [2.45, 2.75) is 24.7 Å². The predicted molar refractivity (Wildman–Crippen MR) is 32.5 cm³/mol. The summed E-state index contributed by atoms with van der Waals surface area (Å²) < 4.78 is 0. The Morgan fingerprint density at radius 3 is 2.57 bits per heavy atom. The first-order valence-electron chi connectivity index (χ1n) is 2.58. The van der Waals surface area contributed by atoms with Gasteiger partial charge in [0, 0.05) is 11.0 Å². The third kappa shape index (κ3) is 1.35. The van der Waals surface area contributed by atoms with Crippen molar-refractivity contribution < 1.29 is 5.11 Å². The molecule has 0 aromatic carbocycles. The molecule has 0 spiro atoms. The third-order valence-electron chi connectivity index (χ3n) is 1.18. The lowest BCUT2D eigenvalue weighted by atomic mass is 10.2. The van der Waals surface area contributed by atoms with Crippen LogP contribution in [0.15, 0.2) is 0 Å². The molecule has 1 rings (SSSR count). The van der Waals surface area contributed by atoms with E-state index in [9.17, 15) is 0 Å². The van der Waals surface area contributed by atoms with E-state index in [4.69, 9.17) is 5.11 Å². The Hall–Kier alpha value is 0.310. The van der Waals surface area contributed by atoms with Crippen molar-refractivity contribution in [1.82, 2.24) is 0 Å². The highest BCUT2D eigenvalue weighted by Crippen LogP contribution is 2.25. The first kappa shape index (κ1) is 5.45. The average molecular weight is 118 g/mol. The van der Waals surface area contributed by atoms with Crippen LogP contribution in [-0.2, 0) is 0 Å². The standard InChI is InChI=1S/C5H10OS/c1-4-2-5(6)3-7-4/h4-6H,2-3H2,1H3/t4-,5+/m0/s1. The first-order chi connectivity index (χ1) is 3.29. The van der Waals surface area contributed by atoms with Gasteiger partial charge in [-0.3, -0.25) is 0 Å². The maximum absolute atomic E-state index is 8.88.